The molecule has 115 heavy (non-hydrogen) atoms. The molecule has 26 heteroatoms. The lowest BCUT2D eigenvalue weighted by Gasteiger charge is -2.32. The number of rotatable bonds is 67. The van der Waals surface area contributed by atoms with Crippen molar-refractivity contribution in [1.29, 1.82) is 0 Å². The van der Waals surface area contributed by atoms with Gasteiger partial charge in [-0.2, -0.15) is 0 Å². The van der Waals surface area contributed by atoms with Crippen molar-refractivity contribution >= 4 is 41.4 Å². The number of benzene rings is 1. The average Bonchev–Trinajstić information content (AvgIpc) is 0.874. The van der Waals surface area contributed by atoms with E-state index in [0.717, 1.165) is 18.4 Å². The van der Waals surface area contributed by atoms with Crippen LogP contribution < -0.4 is 31.9 Å². The Labute approximate surface area is 694 Å². The second-order valence-electron chi connectivity index (χ2n) is 39.2. The molecule has 6 N–H and O–H groups in total. The van der Waals surface area contributed by atoms with E-state index in [4.69, 9.17) is 56.8 Å². The molecule has 0 bridgehead atoms. The number of carbonyl (C=O) groups excluding carboxylic acids is 7. The third-order valence-corrected chi connectivity index (χ3v) is 18.3. The van der Waals surface area contributed by atoms with E-state index in [-0.39, 0.29) is 111 Å². The van der Waals surface area contributed by atoms with E-state index in [1.165, 1.54) is 0 Å². The molecule has 1 rings (SSSR count). The lowest BCUT2D eigenvalue weighted by atomic mass is 9.79. The van der Waals surface area contributed by atoms with Crippen molar-refractivity contribution < 1.29 is 90.4 Å². The van der Waals surface area contributed by atoms with Crippen LogP contribution in [0.2, 0.25) is 0 Å². The molecule has 0 unspecified atom stereocenters. The van der Waals surface area contributed by atoms with Crippen LogP contribution in [0.1, 0.15) is 227 Å². The maximum atomic E-state index is 13.7. The van der Waals surface area contributed by atoms with Crippen LogP contribution in [0.3, 0.4) is 0 Å². The third-order valence-electron chi connectivity index (χ3n) is 18.3. The lowest BCUT2D eigenvalue weighted by molar-refractivity contribution is -0.130. The summed E-state index contributed by atoms with van der Waals surface area (Å²) in [6.45, 7) is 61.3. The van der Waals surface area contributed by atoms with Gasteiger partial charge in [-0.25, -0.2) is 0 Å². The monoisotopic (exact) mass is 1630 g/mol. The van der Waals surface area contributed by atoms with E-state index in [0.29, 0.717) is 223 Å². The van der Waals surface area contributed by atoms with Gasteiger partial charge in [0.25, 0.3) is 5.91 Å². The predicted octanol–water partition coefficient (Wildman–Crippen LogP) is 11.1. The first-order chi connectivity index (χ1) is 53.5. The van der Waals surface area contributed by atoms with Crippen molar-refractivity contribution in [1.82, 2.24) is 36.8 Å². The number of carbonyl (C=O) groups is 7. The molecule has 0 aliphatic heterocycles. The molecule has 0 radical (unpaired) electrons. The van der Waals surface area contributed by atoms with Crippen molar-refractivity contribution in [2.75, 3.05) is 211 Å². The minimum Gasteiger partial charge on any atom is -0.380 e. The maximum Gasteiger partial charge on any atom is 0.254 e. The van der Waals surface area contributed by atoms with Gasteiger partial charge in [0.05, 0.1) is 159 Å². The van der Waals surface area contributed by atoms with E-state index in [1.807, 2.05) is 130 Å². The highest BCUT2D eigenvalue weighted by Crippen LogP contribution is 2.32. The van der Waals surface area contributed by atoms with Crippen LogP contribution in [0, 0.1) is 71.9 Å². The second-order valence-corrected chi connectivity index (χ2v) is 39.2. The van der Waals surface area contributed by atoms with Crippen LogP contribution in [-0.4, -0.2) is 257 Å². The summed E-state index contributed by atoms with van der Waals surface area (Å²) < 4.78 is 70.1. The van der Waals surface area contributed by atoms with Gasteiger partial charge in [-0.15, -0.1) is 0 Å². The van der Waals surface area contributed by atoms with Crippen LogP contribution in [0.5, 0.6) is 0 Å². The summed E-state index contributed by atoms with van der Waals surface area (Å²) in [5.74, 6) is 6.10. The Bertz CT molecular complexity index is 2960. The standard InChI is InChI=1S/C89H161N7O19/c1-25-73(97)90-56-83(11,12)66-114-67-86(17,18)59-93-76(100)54-81(7,8)62-112-64-84(13,14)57-91-74(98)32-38-104-42-46-108-50-52-110-48-44-106-40-36-96(78(102)72-30-28-71(29-31-72)27-26-70(2)3)37-41-107-45-49-111-53-51-109-47-43-105-39-33-75(99)92-58-85(15,16)65-113-63-82(9,10)55-77(101)94-60-87(19,20)68-115-69-88(21,22)61-95-79(103)89(23,24)35-34-80(4,5)6/h28-31,70H,25,32-69H2,1-24H3,(H,90,97)(H,91,98)(H,92,99)(H,93,100)(H,94,101)(H,95,103). The van der Waals surface area contributed by atoms with Crippen molar-refractivity contribution in [3.63, 3.8) is 0 Å². The van der Waals surface area contributed by atoms with Crippen LogP contribution >= 0.6 is 0 Å². The molecule has 0 saturated heterocycles. The summed E-state index contributed by atoms with van der Waals surface area (Å²) in [5.41, 5.74) is -1.45. The summed E-state index contributed by atoms with van der Waals surface area (Å²) in [6, 6.07) is 7.28. The molecular weight excluding hydrogens is 1470 g/mol. The van der Waals surface area contributed by atoms with E-state index in [1.54, 1.807) is 17.0 Å². The van der Waals surface area contributed by atoms with Gasteiger partial charge in [0.15, 0.2) is 0 Å². The molecule has 1 aromatic rings. The molecule has 0 aliphatic rings. The van der Waals surface area contributed by atoms with Crippen LogP contribution in [0.15, 0.2) is 24.3 Å². The summed E-state index contributed by atoms with van der Waals surface area (Å²) >= 11 is 0. The Morgan fingerprint density at radius 2 is 0.617 bits per heavy atom. The Morgan fingerprint density at radius 3 is 0.922 bits per heavy atom. The predicted molar refractivity (Wildman–Crippen MR) is 453 cm³/mol. The molecule has 0 heterocycles. The van der Waals surface area contributed by atoms with Crippen LogP contribution in [0.25, 0.3) is 0 Å². The molecule has 0 fully saturated rings. The molecule has 666 valence electrons. The van der Waals surface area contributed by atoms with Crippen molar-refractivity contribution in [2.24, 2.45) is 60.1 Å². The van der Waals surface area contributed by atoms with Gasteiger partial charge in [0, 0.05) is 139 Å². The van der Waals surface area contributed by atoms with E-state index in [2.05, 4.69) is 92.2 Å². The maximum absolute atomic E-state index is 13.7. The van der Waals surface area contributed by atoms with Gasteiger partial charge in [-0.1, -0.05) is 178 Å². The van der Waals surface area contributed by atoms with Gasteiger partial charge >= 0.3 is 0 Å². The SMILES string of the molecule is CCC(=O)NCC(C)(C)COCC(C)(C)CNC(=O)CC(C)(C)COCC(C)(C)CNC(=O)CCOCCOCCOCCOCCN(CCOCCOCCOCCOCCC(=O)NCC(C)(C)COCC(C)(C)CC(=O)NCC(C)(C)COCC(C)(C)CNC(=O)C(C)(C)CCC(C)(C)C)C(=O)c1ccc(C#CC(C)C)cc1. The molecule has 0 aliphatic carbocycles. The zero-order valence-corrected chi connectivity index (χ0v) is 76.2. The normalized spacial score (nSPS) is 12.8. The lowest BCUT2D eigenvalue weighted by Crippen LogP contribution is -2.44. The summed E-state index contributed by atoms with van der Waals surface area (Å²) in [7, 11) is 0. The molecule has 7 amide bonds. The molecule has 0 atom stereocenters. The van der Waals surface area contributed by atoms with Gasteiger partial charge in [-0.3, -0.25) is 33.6 Å². The van der Waals surface area contributed by atoms with Crippen molar-refractivity contribution in [2.45, 2.75) is 211 Å². The Balaban J connectivity index is 2.28. The molecule has 0 aromatic heterocycles. The molecule has 0 spiro atoms. The van der Waals surface area contributed by atoms with Crippen LogP contribution in [0.4, 0.5) is 0 Å². The first-order valence-corrected chi connectivity index (χ1v) is 41.9. The molecular formula is C89H161N7O19. The third kappa shape index (κ3) is 59.0. The van der Waals surface area contributed by atoms with Crippen molar-refractivity contribution in [3.8, 4) is 11.8 Å². The fourth-order valence-electron chi connectivity index (χ4n) is 10.8. The summed E-state index contributed by atoms with van der Waals surface area (Å²) in [6.07, 6.45) is 3.24. The zero-order valence-electron chi connectivity index (χ0n) is 76.2. The first-order valence-electron chi connectivity index (χ1n) is 41.9. The van der Waals surface area contributed by atoms with E-state index in [9.17, 15) is 33.6 Å². The van der Waals surface area contributed by atoms with Crippen LogP contribution in [-0.2, 0) is 85.6 Å². The highest BCUT2D eigenvalue weighted by atomic mass is 16.6. The van der Waals surface area contributed by atoms with Gasteiger partial charge in [0.2, 0.25) is 35.4 Å². The highest BCUT2D eigenvalue weighted by Gasteiger charge is 2.34. The van der Waals surface area contributed by atoms with E-state index >= 15 is 0 Å². The first kappa shape index (κ1) is 108. The minimum atomic E-state index is -0.446. The van der Waals surface area contributed by atoms with Gasteiger partial charge in [0.1, 0.15) is 0 Å². The summed E-state index contributed by atoms with van der Waals surface area (Å²) in [5, 5.41) is 18.2. The number of hydrogen-bond donors (Lipinski definition) is 6. The average molecular weight is 1630 g/mol. The number of amides is 7. The number of ether oxygens (including phenoxy) is 12. The molecule has 0 saturated carbocycles. The van der Waals surface area contributed by atoms with Gasteiger partial charge < -0.3 is 93.6 Å². The van der Waals surface area contributed by atoms with E-state index < -0.39 is 16.2 Å². The number of nitrogens with zero attached hydrogens (tertiary/aromatic N) is 1. The Hall–Kier alpha value is -5.41. The molecule has 1 aromatic carbocycles. The number of hydrogen-bond acceptors (Lipinski definition) is 19. The minimum absolute atomic E-state index is 0.0172. The quantitative estimate of drug-likeness (QED) is 0.0261. The second kappa shape index (κ2) is 55.4. The van der Waals surface area contributed by atoms with Crippen molar-refractivity contribution in [3.05, 3.63) is 35.4 Å². The summed E-state index contributed by atoms with van der Waals surface area (Å²) in [4.78, 5) is 91.6. The fourth-order valence-corrected chi connectivity index (χ4v) is 10.8. The zero-order chi connectivity index (χ0) is 86.9. The largest absolute Gasteiger partial charge is 0.380 e. The Morgan fingerprint density at radius 1 is 0.339 bits per heavy atom. The Kier molecular flexibility index (Phi) is 51.9. The number of nitrogens with one attached hydrogen (secondary N) is 6. The van der Waals surface area contributed by atoms with Gasteiger partial charge in [-0.05, 0) is 53.4 Å². The smallest absolute Gasteiger partial charge is 0.254 e. The topological polar surface area (TPSA) is 306 Å². The molecule has 26 nitrogen and oxygen atoms in total. The highest BCUT2D eigenvalue weighted by molar-refractivity contribution is 5.94. The fraction of sp³-hybridized carbons (Fsp3) is 0.831.